The van der Waals surface area contributed by atoms with Gasteiger partial charge in [0.05, 0.1) is 35.9 Å². The number of fused-ring (bicyclic) bond motifs is 3. The quantitative estimate of drug-likeness (QED) is 0.208. The van der Waals surface area contributed by atoms with Crippen molar-refractivity contribution in [3.8, 4) is 11.3 Å². The summed E-state index contributed by atoms with van der Waals surface area (Å²) >= 11 is 0. The first-order valence-electron chi connectivity index (χ1n) is 9.23. The van der Waals surface area contributed by atoms with E-state index in [4.69, 9.17) is 9.47 Å². The van der Waals surface area contributed by atoms with Crippen molar-refractivity contribution in [2.45, 2.75) is 0 Å². The lowest BCUT2D eigenvalue weighted by molar-refractivity contribution is -0.384. The second-order valence-corrected chi connectivity index (χ2v) is 6.68. The Hall–Kier alpha value is -4.33. The standard InChI is InChI=1S/C23H16N2O6/c1-30-22(26)18-17-11-10-13-6-3-4-9-16(13)21(17)24-20(19(18)23(27)31-2)14-7-5-8-15(12-14)25(28)29/h3-12H,1-2H3. The Morgan fingerprint density at radius 3 is 2.29 bits per heavy atom. The highest BCUT2D eigenvalue weighted by atomic mass is 16.6. The molecular formula is C23H16N2O6. The van der Waals surface area contributed by atoms with E-state index in [1.807, 2.05) is 30.3 Å². The van der Waals surface area contributed by atoms with Gasteiger partial charge in [-0.25, -0.2) is 14.6 Å². The summed E-state index contributed by atoms with van der Waals surface area (Å²) in [4.78, 5) is 41.0. The predicted octanol–water partition coefficient (Wildman–Crippen LogP) is 4.54. The van der Waals surface area contributed by atoms with Gasteiger partial charge in [0.15, 0.2) is 0 Å². The molecule has 0 bridgehead atoms. The van der Waals surface area contributed by atoms with E-state index < -0.39 is 16.9 Å². The Labute approximate surface area is 176 Å². The van der Waals surface area contributed by atoms with Crippen molar-refractivity contribution in [2.75, 3.05) is 14.2 Å². The molecule has 3 aromatic carbocycles. The van der Waals surface area contributed by atoms with Crippen LogP contribution in [0, 0.1) is 10.1 Å². The fourth-order valence-corrected chi connectivity index (χ4v) is 3.59. The van der Waals surface area contributed by atoms with Crippen LogP contribution in [-0.2, 0) is 9.47 Å². The van der Waals surface area contributed by atoms with Gasteiger partial charge in [-0.15, -0.1) is 0 Å². The van der Waals surface area contributed by atoms with Gasteiger partial charge in [-0.1, -0.05) is 48.5 Å². The van der Waals surface area contributed by atoms with E-state index in [9.17, 15) is 19.7 Å². The van der Waals surface area contributed by atoms with Crippen molar-refractivity contribution in [1.29, 1.82) is 0 Å². The number of methoxy groups -OCH3 is 2. The number of nitro groups is 1. The van der Waals surface area contributed by atoms with Crippen LogP contribution in [0.4, 0.5) is 5.69 Å². The van der Waals surface area contributed by atoms with Gasteiger partial charge in [-0.2, -0.15) is 0 Å². The first-order chi connectivity index (χ1) is 15.0. The topological polar surface area (TPSA) is 109 Å². The summed E-state index contributed by atoms with van der Waals surface area (Å²) in [5.41, 5.74) is 0.569. The van der Waals surface area contributed by atoms with Gasteiger partial charge < -0.3 is 9.47 Å². The first kappa shape index (κ1) is 20.0. The summed E-state index contributed by atoms with van der Waals surface area (Å²) < 4.78 is 9.89. The summed E-state index contributed by atoms with van der Waals surface area (Å²) in [5.74, 6) is -1.54. The lowest BCUT2D eigenvalue weighted by Gasteiger charge is -2.16. The number of nitrogens with zero attached hydrogens (tertiary/aromatic N) is 2. The molecule has 0 aliphatic rings. The second kappa shape index (κ2) is 7.83. The molecule has 0 unspecified atom stereocenters. The molecule has 154 valence electrons. The number of carbonyl (C=O) groups is 2. The maximum Gasteiger partial charge on any atom is 0.340 e. The van der Waals surface area contributed by atoms with Crippen molar-refractivity contribution in [1.82, 2.24) is 4.98 Å². The van der Waals surface area contributed by atoms with Gasteiger partial charge in [0.1, 0.15) is 5.56 Å². The largest absolute Gasteiger partial charge is 0.465 e. The van der Waals surface area contributed by atoms with Crippen LogP contribution in [0.15, 0.2) is 60.7 Å². The molecule has 8 nitrogen and oxygen atoms in total. The molecule has 0 spiro atoms. The normalized spacial score (nSPS) is 10.8. The summed E-state index contributed by atoms with van der Waals surface area (Å²) in [6.07, 6.45) is 0. The number of hydrogen-bond donors (Lipinski definition) is 0. The van der Waals surface area contributed by atoms with Crippen LogP contribution in [0.3, 0.4) is 0 Å². The minimum Gasteiger partial charge on any atom is -0.465 e. The molecule has 0 aliphatic carbocycles. The van der Waals surface area contributed by atoms with E-state index in [0.717, 1.165) is 10.8 Å². The zero-order chi connectivity index (χ0) is 22.1. The molecule has 0 N–H and O–H groups in total. The number of nitro benzene ring substituents is 1. The molecule has 0 aliphatic heterocycles. The van der Waals surface area contributed by atoms with Crippen LogP contribution in [0.1, 0.15) is 20.7 Å². The van der Waals surface area contributed by atoms with Crippen LogP contribution < -0.4 is 0 Å². The predicted molar refractivity (Wildman–Crippen MR) is 114 cm³/mol. The average molecular weight is 416 g/mol. The second-order valence-electron chi connectivity index (χ2n) is 6.68. The molecule has 0 amide bonds. The maximum absolute atomic E-state index is 12.8. The number of hydrogen-bond acceptors (Lipinski definition) is 7. The molecule has 1 aromatic heterocycles. The van der Waals surface area contributed by atoms with Crippen LogP contribution in [0.5, 0.6) is 0 Å². The minimum absolute atomic E-state index is 0.00777. The molecule has 4 rings (SSSR count). The highest BCUT2D eigenvalue weighted by Gasteiger charge is 2.28. The monoisotopic (exact) mass is 416 g/mol. The van der Waals surface area contributed by atoms with E-state index >= 15 is 0 Å². The van der Waals surface area contributed by atoms with Crippen molar-refractivity contribution in [3.63, 3.8) is 0 Å². The highest BCUT2D eigenvalue weighted by molar-refractivity contribution is 6.19. The van der Waals surface area contributed by atoms with Gasteiger partial charge in [0.25, 0.3) is 5.69 Å². The summed E-state index contributed by atoms with van der Waals surface area (Å²) in [6.45, 7) is 0. The summed E-state index contributed by atoms with van der Waals surface area (Å²) in [5, 5.41) is 13.3. The molecule has 0 saturated heterocycles. The van der Waals surface area contributed by atoms with Crippen LogP contribution >= 0.6 is 0 Å². The molecule has 0 saturated carbocycles. The fourth-order valence-electron chi connectivity index (χ4n) is 3.59. The Morgan fingerprint density at radius 2 is 1.58 bits per heavy atom. The van der Waals surface area contributed by atoms with E-state index in [-0.39, 0.29) is 22.5 Å². The Balaban J connectivity index is 2.21. The van der Waals surface area contributed by atoms with Crippen LogP contribution in [-0.4, -0.2) is 36.1 Å². The summed E-state index contributed by atoms with van der Waals surface area (Å²) in [6, 6.07) is 16.7. The van der Waals surface area contributed by atoms with Gasteiger partial charge in [-0.3, -0.25) is 10.1 Å². The Morgan fingerprint density at radius 1 is 0.871 bits per heavy atom. The highest BCUT2D eigenvalue weighted by Crippen LogP contribution is 2.35. The Bertz CT molecular complexity index is 1380. The number of esters is 2. The van der Waals surface area contributed by atoms with Gasteiger partial charge in [0, 0.05) is 28.5 Å². The SMILES string of the molecule is COC(=O)c1c(-c2cccc([N+](=O)[O-])c2)nc2c(ccc3ccccc32)c1C(=O)OC. The van der Waals surface area contributed by atoms with Gasteiger partial charge in [0.2, 0.25) is 0 Å². The lowest BCUT2D eigenvalue weighted by Crippen LogP contribution is -2.15. The van der Waals surface area contributed by atoms with Crippen LogP contribution in [0.25, 0.3) is 32.9 Å². The van der Waals surface area contributed by atoms with Gasteiger partial charge >= 0.3 is 11.9 Å². The van der Waals surface area contributed by atoms with Gasteiger partial charge in [-0.05, 0) is 5.39 Å². The van der Waals surface area contributed by atoms with E-state index in [1.54, 1.807) is 12.1 Å². The molecule has 0 radical (unpaired) electrons. The molecule has 8 heteroatoms. The zero-order valence-corrected chi connectivity index (χ0v) is 16.6. The number of carbonyl (C=O) groups excluding carboxylic acids is 2. The lowest BCUT2D eigenvalue weighted by atomic mass is 9.94. The van der Waals surface area contributed by atoms with Crippen molar-refractivity contribution < 1.29 is 24.0 Å². The van der Waals surface area contributed by atoms with E-state index in [2.05, 4.69) is 4.98 Å². The molecule has 4 aromatic rings. The van der Waals surface area contributed by atoms with E-state index in [1.165, 1.54) is 32.4 Å². The molecule has 0 atom stereocenters. The average Bonchev–Trinajstić information content (AvgIpc) is 2.81. The number of pyridine rings is 1. The third-order valence-corrected chi connectivity index (χ3v) is 4.99. The third-order valence-electron chi connectivity index (χ3n) is 4.99. The van der Waals surface area contributed by atoms with Crippen molar-refractivity contribution in [2.24, 2.45) is 0 Å². The minimum atomic E-state index is -0.801. The number of aromatic nitrogens is 1. The smallest absolute Gasteiger partial charge is 0.340 e. The number of ether oxygens (including phenoxy) is 2. The number of benzene rings is 3. The van der Waals surface area contributed by atoms with Crippen molar-refractivity contribution in [3.05, 3.63) is 81.9 Å². The zero-order valence-electron chi connectivity index (χ0n) is 16.6. The fraction of sp³-hybridized carbons (Fsp3) is 0.0870. The van der Waals surface area contributed by atoms with Crippen molar-refractivity contribution >= 4 is 39.3 Å². The maximum atomic E-state index is 12.8. The van der Waals surface area contributed by atoms with Crippen LogP contribution in [0.2, 0.25) is 0 Å². The first-order valence-corrected chi connectivity index (χ1v) is 9.23. The number of non-ortho nitro benzene ring substituents is 1. The van der Waals surface area contributed by atoms with E-state index in [0.29, 0.717) is 16.5 Å². The Kier molecular flexibility index (Phi) is 5.04. The third kappa shape index (κ3) is 3.33. The molecular weight excluding hydrogens is 400 g/mol. The molecule has 0 fully saturated rings. The molecule has 1 heterocycles. The summed E-state index contributed by atoms with van der Waals surface area (Å²) in [7, 11) is 2.40. The number of rotatable bonds is 4. The molecule has 31 heavy (non-hydrogen) atoms.